The number of ether oxygens (including phenoxy) is 1. The van der Waals surface area contributed by atoms with E-state index in [0.29, 0.717) is 18.7 Å². The Morgan fingerprint density at radius 1 is 1.19 bits per heavy atom. The third kappa shape index (κ3) is 5.20. The van der Waals surface area contributed by atoms with Crippen LogP contribution in [-0.4, -0.2) is 43.9 Å². The fraction of sp³-hybridized carbons (Fsp3) is 0.286. The van der Waals surface area contributed by atoms with Gasteiger partial charge in [0.05, 0.1) is 18.6 Å². The molecule has 27 heavy (non-hydrogen) atoms. The molecule has 0 radical (unpaired) electrons. The molecule has 3 rings (SSSR count). The van der Waals surface area contributed by atoms with Crippen LogP contribution in [0.4, 0.5) is 0 Å². The fourth-order valence-corrected chi connectivity index (χ4v) is 4.93. The van der Waals surface area contributed by atoms with Crippen molar-refractivity contribution in [1.82, 2.24) is 4.90 Å². The van der Waals surface area contributed by atoms with Gasteiger partial charge < -0.3 is 9.64 Å². The standard InChI is InChI=1S/C21H23NO4S/c1-26-20-9-5-8-18(14-20)15-22(19-12-13-27(24,25)16-19)21(23)11-10-17-6-3-2-4-7-17/h2-11,14,19H,12-13,15-16H2,1H3/b11-10+/t19-/m1/s1. The number of carbonyl (C=O) groups is 1. The van der Waals surface area contributed by atoms with E-state index in [1.54, 1.807) is 18.1 Å². The van der Waals surface area contributed by atoms with Crippen LogP contribution in [0.3, 0.4) is 0 Å². The molecular formula is C21H23NO4S. The van der Waals surface area contributed by atoms with Gasteiger partial charge in [0, 0.05) is 18.7 Å². The SMILES string of the molecule is COc1cccc(CN(C(=O)/C=C/c2ccccc2)[C@@H]2CCS(=O)(=O)C2)c1. The molecule has 2 aromatic rings. The fourth-order valence-electron chi connectivity index (χ4n) is 3.20. The van der Waals surface area contributed by atoms with Gasteiger partial charge in [0.2, 0.25) is 5.91 Å². The Morgan fingerprint density at radius 2 is 1.96 bits per heavy atom. The van der Waals surface area contributed by atoms with E-state index in [4.69, 9.17) is 4.74 Å². The van der Waals surface area contributed by atoms with E-state index in [1.165, 1.54) is 6.08 Å². The van der Waals surface area contributed by atoms with Crippen LogP contribution in [0.2, 0.25) is 0 Å². The predicted octanol–water partition coefficient (Wildman–Crippen LogP) is 2.92. The number of hydrogen-bond acceptors (Lipinski definition) is 4. The number of sulfone groups is 1. The van der Waals surface area contributed by atoms with Crippen LogP contribution in [0.5, 0.6) is 5.75 Å². The molecular weight excluding hydrogens is 362 g/mol. The zero-order chi connectivity index (χ0) is 19.3. The highest BCUT2D eigenvalue weighted by molar-refractivity contribution is 7.91. The molecule has 1 saturated heterocycles. The maximum absolute atomic E-state index is 12.9. The van der Waals surface area contributed by atoms with Gasteiger partial charge in [-0.15, -0.1) is 0 Å². The van der Waals surface area contributed by atoms with Crippen LogP contribution in [0.25, 0.3) is 6.08 Å². The summed E-state index contributed by atoms with van der Waals surface area (Å²) in [5, 5.41) is 0. The van der Waals surface area contributed by atoms with Crippen LogP contribution in [0, 0.1) is 0 Å². The predicted molar refractivity (Wildman–Crippen MR) is 106 cm³/mol. The average Bonchev–Trinajstić information content (AvgIpc) is 3.04. The zero-order valence-electron chi connectivity index (χ0n) is 15.2. The lowest BCUT2D eigenvalue weighted by Crippen LogP contribution is -2.39. The van der Waals surface area contributed by atoms with Crippen LogP contribution in [0.15, 0.2) is 60.7 Å². The van der Waals surface area contributed by atoms with E-state index in [2.05, 4.69) is 0 Å². The number of methoxy groups -OCH3 is 1. The van der Waals surface area contributed by atoms with Crippen molar-refractivity contribution in [3.63, 3.8) is 0 Å². The number of rotatable bonds is 6. The Balaban J connectivity index is 1.82. The van der Waals surface area contributed by atoms with Gasteiger partial charge in [-0.25, -0.2) is 8.42 Å². The molecule has 1 atom stereocenters. The Kier molecular flexibility index (Phi) is 5.96. The Labute approximate surface area is 160 Å². The minimum absolute atomic E-state index is 0.0158. The highest BCUT2D eigenvalue weighted by Gasteiger charge is 2.34. The van der Waals surface area contributed by atoms with E-state index in [0.717, 1.165) is 11.1 Å². The second-order valence-corrected chi connectivity index (χ2v) is 8.85. The monoisotopic (exact) mass is 385 g/mol. The minimum atomic E-state index is -3.09. The van der Waals surface area contributed by atoms with E-state index in [9.17, 15) is 13.2 Å². The highest BCUT2D eigenvalue weighted by Crippen LogP contribution is 2.22. The minimum Gasteiger partial charge on any atom is -0.497 e. The van der Waals surface area contributed by atoms with E-state index >= 15 is 0 Å². The summed E-state index contributed by atoms with van der Waals surface area (Å²) in [4.78, 5) is 14.5. The molecule has 1 amide bonds. The summed E-state index contributed by atoms with van der Waals surface area (Å²) in [6.45, 7) is 0.343. The first-order valence-electron chi connectivity index (χ1n) is 8.84. The third-order valence-corrected chi connectivity index (χ3v) is 6.39. The lowest BCUT2D eigenvalue weighted by molar-refractivity contribution is -0.128. The van der Waals surface area contributed by atoms with Crippen molar-refractivity contribution in [3.05, 3.63) is 71.8 Å². The van der Waals surface area contributed by atoms with Crippen molar-refractivity contribution >= 4 is 21.8 Å². The normalized spacial score (nSPS) is 18.5. The zero-order valence-corrected chi connectivity index (χ0v) is 16.1. The molecule has 5 nitrogen and oxygen atoms in total. The molecule has 1 aliphatic heterocycles. The molecule has 0 bridgehead atoms. The molecule has 2 aromatic carbocycles. The van der Waals surface area contributed by atoms with E-state index < -0.39 is 9.84 Å². The summed E-state index contributed by atoms with van der Waals surface area (Å²) in [5.74, 6) is 0.659. The summed E-state index contributed by atoms with van der Waals surface area (Å²) >= 11 is 0. The molecule has 142 valence electrons. The Hall–Kier alpha value is -2.60. The van der Waals surface area contributed by atoms with Gasteiger partial charge in [-0.1, -0.05) is 42.5 Å². The maximum atomic E-state index is 12.9. The van der Waals surface area contributed by atoms with Crippen LogP contribution < -0.4 is 4.74 Å². The lowest BCUT2D eigenvalue weighted by Gasteiger charge is -2.27. The number of carbonyl (C=O) groups excluding carboxylic acids is 1. The summed E-state index contributed by atoms with van der Waals surface area (Å²) < 4.78 is 29.1. The van der Waals surface area contributed by atoms with Crippen LogP contribution in [-0.2, 0) is 21.2 Å². The molecule has 0 aromatic heterocycles. The van der Waals surface area contributed by atoms with Crippen molar-refractivity contribution in [1.29, 1.82) is 0 Å². The molecule has 0 aliphatic carbocycles. The topological polar surface area (TPSA) is 63.7 Å². The first-order chi connectivity index (χ1) is 13.0. The molecule has 0 saturated carbocycles. The lowest BCUT2D eigenvalue weighted by atomic mass is 10.1. The highest BCUT2D eigenvalue weighted by atomic mass is 32.2. The quantitative estimate of drug-likeness (QED) is 0.717. The van der Waals surface area contributed by atoms with Gasteiger partial charge in [0.1, 0.15) is 5.75 Å². The largest absolute Gasteiger partial charge is 0.497 e. The molecule has 1 heterocycles. The van der Waals surface area contributed by atoms with Crippen molar-refractivity contribution < 1.29 is 17.9 Å². The molecule has 1 aliphatic rings. The number of benzene rings is 2. The molecule has 0 unspecified atom stereocenters. The van der Waals surface area contributed by atoms with Crippen molar-refractivity contribution in [2.75, 3.05) is 18.6 Å². The second kappa shape index (κ2) is 8.39. The van der Waals surface area contributed by atoms with Crippen LogP contribution in [0.1, 0.15) is 17.5 Å². The first kappa shape index (κ1) is 19.2. The summed E-state index contributed by atoms with van der Waals surface area (Å²) in [7, 11) is -1.50. The van der Waals surface area contributed by atoms with E-state index in [1.807, 2.05) is 54.6 Å². The third-order valence-electron chi connectivity index (χ3n) is 4.64. The van der Waals surface area contributed by atoms with Crippen molar-refractivity contribution in [2.24, 2.45) is 0 Å². The molecule has 1 fully saturated rings. The molecule has 0 N–H and O–H groups in total. The second-order valence-electron chi connectivity index (χ2n) is 6.62. The van der Waals surface area contributed by atoms with Gasteiger partial charge in [-0.2, -0.15) is 0 Å². The van der Waals surface area contributed by atoms with Gasteiger partial charge in [-0.3, -0.25) is 4.79 Å². The van der Waals surface area contributed by atoms with Gasteiger partial charge in [0.15, 0.2) is 9.84 Å². The van der Waals surface area contributed by atoms with Crippen LogP contribution >= 0.6 is 0 Å². The first-order valence-corrected chi connectivity index (χ1v) is 10.7. The van der Waals surface area contributed by atoms with Crippen molar-refractivity contribution in [3.8, 4) is 5.75 Å². The van der Waals surface area contributed by atoms with Gasteiger partial charge in [0.25, 0.3) is 0 Å². The summed E-state index contributed by atoms with van der Waals surface area (Å²) in [6.07, 6.45) is 3.74. The summed E-state index contributed by atoms with van der Waals surface area (Å²) in [5.41, 5.74) is 1.83. The maximum Gasteiger partial charge on any atom is 0.247 e. The number of nitrogens with zero attached hydrogens (tertiary/aromatic N) is 1. The van der Waals surface area contributed by atoms with Gasteiger partial charge in [-0.05, 0) is 35.8 Å². The Bertz CT molecular complexity index is 922. The molecule has 0 spiro atoms. The van der Waals surface area contributed by atoms with Crippen molar-refractivity contribution in [2.45, 2.75) is 19.0 Å². The smallest absolute Gasteiger partial charge is 0.247 e. The number of amides is 1. The Morgan fingerprint density at radius 3 is 2.63 bits per heavy atom. The molecule has 6 heteroatoms. The summed E-state index contributed by atoms with van der Waals surface area (Å²) in [6, 6.07) is 16.7. The average molecular weight is 385 g/mol. The number of hydrogen-bond donors (Lipinski definition) is 0. The van der Waals surface area contributed by atoms with E-state index in [-0.39, 0.29) is 23.5 Å². The van der Waals surface area contributed by atoms with Gasteiger partial charge >= 0.3 is 0 Å².